The van der Waals surface area contributed by atoms with Gasteiger partial charge in [-0.05, 0) is 111 Å². The van der Waals surface area contributed by atoms with Gasteiger partial charge in [-0.3, -0.25) is 5.32 Å². The van der Waals surface area contributed by atoms with Gasteiger partial charge in [0.1, 0.15) is 38.9 Å². The molecule has 0 aliphatic heterocycles. The summed E-state index contributed by atoms with van der Waals surface area (Å²) in [5, 5.41) is 16.7. The number of aryl methyl sites for hydroxylation is 2. The van der Waals surface area contributed by atoms with Gasteiger partial charge in [0.15, 0.2) is 5.71 Å². The van der Waals surface area contributed by atoms with E-state index in [1.54, 1.807) is 0 Å². The number of esters is 3. The van der Waals surface area contributed by atoms with E-state index in [1.807, 2.05) is 31.2 Å². The molecule has 0 saturated heterocycles. The van der Waals surface area contributed by atoms with Crippen molar-refractivity contribution in [3.05, 3.63) is 144 Å². The summed E-state index contributed by atoms with van der Waals surface area (Å²) in [6.45, 7) is 23.2. The van der Waals surface area contributed by atoms with Crippen LogP contribution in [0.25, 0.3) is 0 Å². The van der Waals surface area contributed by atoms with Crippen LogP contribution in [-0.4, -0.2) is 109 Å². The van der Waals surface area contributed by atoms with Crippen LogP contribution in [-0.2, 0) is 33.3 Å². The highest BCUT2D eigenvalue weighted by Crippen LogP contribution is 2.46. The number of rotatable bonds is 23. The summed E-state index contributed by atoms with van der Waals surface area (Å²) in [4.78, 5) is 71.1. The standard InChI is InChI=1S/C58H74N8O9S/c1-13-48(67)72-35-58(36-73-49(68)14-2,37-74-50(69)15-3)38-75-55(71)59-34-57(10)32-45(31-56(8,9)33-57)60-53(70)61-52-62-54(64-63-52)76-51-43(29-27-41(6)65(11)46-25-18-16-21-39(46)4)23-20-24-44(51)30-28-42(7)66(12)47-26-19-17-22-40(47)5/h13-19,21-22,25-30,45H,1-3,20,23-24,31-38H2,4-12H3,(H3-,59,60,61,62,63,64,70,71)/p+1. The Hall–Kier alpha value is -7.47. The van der Waals surface area contributed by atoms with E-state index in [0.717, 1.165) is 65.2 Å². The molecule has 18 heteroatoms. The van der Waals surface area contributed by atoms with E-state index >= 15 is 0 Å². The highest BCUT2D eigenvalue weighted by atomic mass is 32.2. The smallest absolute Gasteiger partial charge is 0.407 e. The largest absolute Gasteiger partial charge is 0.462 e. The van der Waals surface area contributed by atoms with E-state index in [2.05, 4.69) is 160 Å². The van der Waals surface area contributed by atoms with Gasteiger partial charge in [-0.2, -0.15) is 9.56 Å². The van der Waals surface area contributed by atoms with Crippen LogP contribution >= 0.6 is 11.8 Å². The maximum atomic E-state index is 13.7. The maximum absolute atomic E-state index is 13.7. The second kappa shape index (κ2) is 27.4. The van der Waals surface area contributed by atoms with Crippen molar-refractivity contribution in [3.63, 3.8) is 0 Å². The number of nitrogens with one attached hydrogen (secondary N) is 4. The molecule has 76 heavy (non-hydrogen) atoms. The number of carbonyl (C=O) groups is 5. The molecule has 406 valence electrons. The summed E-state index contributed by atoms with van der Waals surface area (Å²) in [7, 11) is 4.15. The van der Waals surface area contributed by atoms with Crippen LogP contribution < -0.4 is 20.9 Å². The van der Waals surface area contributed by atoms with Crippen molar-refractivity contribution in [3.8, 4) is 0 Å². The molecule has 5 rings (SSSR count). The molecule has 2 aliphatic carbocycles. The Balaban J connectivity index is 1.29. The van der Waals surface area contributed by atoms with Crippen LogP contribution in [0.4, 0.5) is 26.9 Å². The van der Waals surface area contributed by atoms with Crippen molar-refractivity contribution in [1.82, 2.24) is 25.8 Å². The number of ether oxygens (including phenoxy) is 4. The summed E-state index contributed by atoms with van der Waals surface area (Å²) in [6.07, 6.45) is 15.3. The fourth-order valence-corrected chi connectivity index (χ4v) is 10.6. The Morgan fingerprint density at radius 2 is 1.47 bits per heavy atom. The number of para-hydroxylation sites is 2. The maximum Gasteiger partial charge on any atom is 0.407 e. The third-order valence-corrected chi connectivity index (χ3v) is 14.5. The lowest BCUT2D eigenvalue weighted by atomic mass is 9.62. The number of nitrogens with zero attached hydrogens (tertiary/aromatic N) is 4. The summed E-state index contributed by atoms with van der Waals surface area (Å²) >= 11 is 1.46. The Kier molecular flexibility index (Phi) is 21.4. The Morgan fingerprint density at radius 1 is 0.868 bits per heavy atom. The number of amides is 3. The van der Waals surface area contributed by atoms with Crippen LogP contribution in [0.2, 0.25) is 0 Å². The zero-order valence-corrected chi connectivity index (χ0v) is 46.3. The van der Waals surface area contributed by atoms with Crippen molar-refractivity contribution in [2.75, 3.05) is 57.3 Å². The third-order valence-electron chi connectivity index (χ3n) is 13.4. The van der Waals surface area contributed by atoms with E-state index in [1.165, 1.54) is 34.0 Å². The molecule has 0 radical (unpaired) electrons. The normalized spacial score (nSPS) is 18.5. The number of benzene rings is 2. The predicted molar refractivity (Wildman–Crippen MR) is 298 cm³/mol. The Labute approximate surface area is 451 Å². The van der Waals surface area contributed by atoms with E-state index in [9.17, 15) is 24.0 Å². The summed E-state index contributed by atoms with van der Waals surface area (Å²) in [5.74, 6) is -2.20. The quantitative estimate of drug-likeness (QED) is 0.0230. The SMILES string of the molecule is C=CC(=O)OCC(COC(=O)C=C)(COC(=O)C=C)COC(=O)NCC1(C)CC(NC(=O)Nc2nc(SC3=C(/C=C/C(C)=[N+](C)c4ccccc4C)CCC/C3=C\C=C(/C)N(C)c3ccccc3C)n[nH]2)CC(C)(C)C1. The summed E-state index contributed by atoms with van der Waals surface area (Å²) in [6, 6.07) is 15.9. The molecule has 2 unspecified atom stereocenters. The van der Waals surface area contributed by atoms with Gasteiger partial charge in [0.25, 0.3) is 0 Å². The number of thioether (sulfide) groups is 1. The number of urea groups is 1. The molecule has 0 spiro atoms. The second-order valence-electron chi connectivity index (χ2n) is 20.7. The van der Waals surface area contributed by atoms with Gasteiger partial charge in [-0.1, -0.05) is 89.1 Å². The molecule has 0 bridgehead atoms. The topological polar surface area (TPSA) is 206 Å². The zero-order valence-electron chi connectivity index (χ0n) is 45.5. The minimum Gasteiger partial charge on any atom is -0.462 e. The number of alkyl carbamates (subject to hydrolysis) is 1. The summed E-state index contributed by atoms with van der Waals surface area (Å²) in [5.41, 5.74) is 6.95. The third kappa shape index (κ3) is 17.6. The number of hydrogen-bond donors (Lipinski definition) is 4. The first-order valence-electron chi connectivity index (χ1n) is 25.2. The van der Waals surface area contributed by atoms with Gasteiger partial charge in [-0.15, -0.1) is 5.10 Å². The van der Waals surface area contributed by atoms with Crippen LogP contribution in [0.3, 0.4) is 0 Å². The first kappa shape index (κ1) is 59.4. The highest BCUT2D eigenvalue weighted by Gasteiger charge is 2.43. The number of aromatic amines is 1. The molecule has 1 aromatic heterocycles. The molecular formula is C58H75N8O9S+. The average molecular weight is 1060 g/mol. The highest BCUT2D eigenvalue weighted by molar-refractivity contribution is 8.03. The second-order valence-corrected chi connectivity index (χ2v) is 21.6. The molecule has 1 fully saturated rings. The fourth-order valence-electron chi connectivity index (χ4n) is 9.57. The molecule has 2 aliphatic rings. The average Bonchev–Trinajstić information content (AvgIpc) is 3.83. The Morgan fingerprint density at radius 3 is 2.09 bits per heavy atom. The van der Waals surface area contributed by atoms with Gasteiger partial charge < -0.3 is 34.5 Å². The van der Waals surface area contributed by atoms with Crippen molar-refractivity contribution in [2.45, 2.75) is 98.2 Å². The molecule has 2 aromatic carbocycles. The van der Waals surface area contributed by atoms with Crippen LogP contribution in [0.1, 0.15) is 84.3 Å². The predicted octanol–water partition coefficient (Wildman–Crippen LogP) is 10.5. The molecule has 4 N–H and O–H groups in total. The van der Waals surface area contributed by atoms with Gasteiger partial charge >= 0.3 is 30.0 Å². The fraction of sp³-hybridized carbons (Fsp3) is 0.414. The molecule has 3 amide bonds. The van der Waals surface area contributed by atoms with Crippen LogP contribution in [0.5, 0.6) is 0 Å². The zero-order chi connectivity index (χ0) is 55.6. The Bertz CT molecular complexity index is 2750. The molecule has 1 heterocycles. The first-order valence-corrected chi connectivity index (χ1v) is 26.1. The molecule has 2 atom stereocenters. The number of hydrogen-bond acceptors (Lipinski definition) is 13. The number of aromatic nitrogens is 3. The van der Waals surface area contributed by atoms with Gasteiger partial charge in [0.2, 0.25) is 16.8 Å². The van der Waals surface area contributed by atoms with Gasteiger partial charge in [0, 0.05) is 78.8 Å². The van der Waals surface area contributed by atoms with Crippen molar-refractivity contribution < 1.29 is 47.5 Å². The van der Waals surface area contributed by atoms with Crippen molar-refractivity contribution in [1.29, 1.82) is 0 Å². The van der Waals surface area contributed by atoms with E-state index in [-0.39, 0.29) is 23.9 Å². The van der Waals surface area contributed by atoms with E-state index in [0.29, 0.717) is 24.4 Å². The van der Waals surface area contributed by atoms with Crippen LogP contribution in [0, 0.1) is 30.1 Å². The lowest BCUT2D eigenvalue weighted by Crippen LogP contribution is -2.51. The molecule has 1 saturated carbocycles. The number of anilines is 2. The number of carbonyl (C=O) groups excluding carboxylic acids is 5. The van der Waals surface area contributed by atoms with Crippen molar-refractivity contribution in [2.24, 2.45) is 16.2 Å². The van der Waals surface area contributed by atoms with E-state index in [4.69, 9.17) is 23.9 Å². The van der Waals surface area contributed by atoms with Crippen molar-refractivity contribution >= 4 is 64.8 Å². The van der Waals surface area contributed by atoms with Gasteiger partial charge in [-0.25, -0.2) is 29.1 Å². The molecule has 3 aromatic rings. The minimum atomic E-state index is -1.49. The number of allylic oxidation sites excluding steroid dienone is 7. The molecule has 17 nitrogen and oxygen atoms in total. The first-order chi connectivity index (χ1) is 36.1. The molecular weight excluding hydrogens is 985 g/mol. The number of H-pyrrole nitrogens is 1. The minimum absolute atomic E-state index is 0.177. The van der Waals surface area contributed by atoms with Crippen LogP contribution in [0.15, 0.2) is 138 Å². The monoisotopic (exact) mass is 1060 g/mol. The van der Waals surface area contributed by atoms with Gasteiger partial charge in [0.05, 0.1) is 0 Å². The lowest BCUT2D eigenvalue weighted by Gasteiger charge is -2.46. The van der Waals surface area contributed by atoms with E-state index < -0.39 is 67.3 Å². The lowest BCUT2D eigenvalue weighted by molar-refractivity contribution is -0.405. The summed E-state index contributed by atoms with van der Waals surface area (Å²) < 4.78 is 23.5.